The number of hydrogen-bond acceptors (Lipinski definition) is 0. The third kappa shape index (κ3) is 6.06. The van der Waals surface area contributed by atoms with Gasteiger partial charge in [-0.1, -0.05) is 40.5 Å². The van der Waals surface area contributed by atoms with E-state index < -0.39 is 0 Å². The quantitative estimate of drug-likeness (QED) is 0.537. The van der Waals surface area contributed by atoms with E-state index in [4.69, 9.17) is 0 Å². The van der Waals surface area contributed by atoms with Crippen molar-refractivity contribution >= 4 is 9.24 Å². The Bertz CT molecular complexity index is 110. The Hall–Kier alpha value is 1.53. The van der Waals surface area contributed by atoms with E-state index in [-0.39, 0.29) is 32.7 Å². The Labute approximate surface area is 106 Å². The maximum Gasteiger partial charge on any atom is 0 e. The van der Waals surface area contributed by atoms with Crippen LogP contribution in [0.1, 0.15) is 40.5 Å². The monoisotopic (exact) mass is 262 g/mol. The van der Waals surface area contributed by atoms with Crippen molar-refractivity contribution in [1.29, 1.82) is 0 Å². The Kier molecular flexibility index (Phi) is 9.20. The van der Waals surface area contributed by atoms with Gasteiger partial charge in [0.05, 0.1) is 0 Å². The largest absolute Gasteiger partial charge is 0.340 e. The average molecular weight is 262 g/mol. The maximum atomic E-state index is 4.11. The molecule has 12 heavy (non-hydrogen) atoms. The van der Waals surface area contributed by atoms with Crippen molar-refractivity contribution in [2.45, 2.75) is 45.7 Å². The van der Waals surface area contributed by atoms with E-state index in [9.17, 15) is 0 Å². The van der Waals surface area contributed by atoms with Crippen LogP contribution >= 0.6 is 9.24 Å². The van der Waals surface area contributed by atoms with Crippen LogP contribution in [-0.2, 0) is 32.7 Å². The van der Waals surface area contributed by atoms with Gasteiger partial charge in [0.1, 0.15) is 0 Å². The molecule has 0 nitrogen and oxygen atoms in total. The fourth-order valence-electron chi connectivity index (χ4n) is 1.00. The first-order valence-electron chi connectivity index (χ1n) is 4.52. The van der Waals surface area contributed by atoms with Gasteiger partial charge in [0.15, 0.2) is 0 Å². The van der Waals surface area contributed by atoms with E-state index in [2.05, 4.69) is 43.9 Å². The van der Waals surface area contributed by atoms with E-state index >= 15 is 0 Å². The summed E-state index contributed by atoms with van der Waals surface area (Å²) in [5, 5.41) is 0.377. The van der Waals surface area contributed by atoms with Crippen molar-refractivity contribution in [1.82, 2.24) is 0 Å². The standard InChI is InChI=1S/C10H22P.Y/c1-6-9(4)7-10(5,11)8(2)3;/h8-9H,4,6-7,11H2,1-3,5H3;/q-1;. The van der Waals surface area contributed by atoms with Crippen LogP contribution in [0.15, 0.2) is 0 Å². The van der Waals surface area contributed by atoms with E-state index in [1.807, 2.05) is 0 Å². The zero-order chi connectivity index (χ0) is 9.07. The molecule has 0 aromatic rings. The molecule has 2 heteroatoms. The van der Waals surface area contributed by atoms with Gasteiger partial charge >= 0.3 is 0 Å². The Morgan fingerprint density at radius 2 is 1.83 bits per heavy atom. The minimum absolute atomic E-state index is 0. The zero-order valence-corrected chi connectivity index (χ0v) is 12.9. The summed E-state index contributed by atoms with van der Waals surface area (Å²) in [5.74, 6) is 1.34. The summed E-state index contributed by atoms with van der Waals surface area (Å²) in [7, 11) is 2.96. The molecule has 3 unspecified atom stereocenters. The third-order valence-electron chi connectivity index (χ3n) is 2.62. The average Bonchev–Trinajstić information content (AvgIpc) is 1.86. The van der Waals surface area contributed by atoms with Gasteiger partial charge in [-0.3, -0.25) is 0 Å². The molecule has 0 aliphatic rings. The molecule has 0 aliphatic heterocycles. The van der Waals surface area contributed by atoms with Gasteiger partial charge in [-0.25, -0.2) is 0 Å². The van der Waals surface area contributed by atoms with Gasteiger partial charge < -0.3 is 6.92 Å². The predicted octanol–water partition coefficient (Wildman–Crippen LogP) is 3.52. The first-order valence-corrected chi connectivity index (χ1v) is 5.09. The van der Waals surface area contributed by atoms with Crippen molar-refractivity contribution in [2.24, 2.45) is 11.8 Å². The molecule has 1 radical (unpaired) electrons. The number of hydrogen-bond donors (Lipinski definition) is 0. The molecule has 0 aromatic heterocycles. The van der Waals surface area contributed by atoms with E-state index in [0.717, 1.165) is 5.92 Å². The molecule has 0 heterocycles. The van der Waals surface area contributed by atoms with Gasteiger partial charge in [0.2, 0.25) is 0 Å². The molecule has 0 fully saturated rings. The molecule has 0 rings (SSSR count). The molecular weight excluding hydrogens is 240 g/mol. The minimum atomic E-state index is 0. The van der Waals surface area contributed by atoms with E-state index in [1.165, 1.54) is 12.8 Å². The topological polar surface area (TPSA) is 0 Å². The van der Waals surface area contributed by atoms with Gasteiger partial charge in [-0.05, 0) is 11.1 Å². The summed E-state index contributed by atoms with van der Waals surface area (Å²) in [4.78, 5) is 0. The molecule has 0 N–H and O–H groups in total. The third-order valence-corrected chi connectivity index (χ3v) is 3.53. The van der Waals surface area contributed by atoms with Crippen LogP contribution in [0.2, 0.25) is 0 Å². The summed E-state index contributed by atoms with van der Waals surface area (Å²) in [6, 6.07) is 0. The Morgan fingerprint density at radius 1 is 1.42 bits per heavy atom. The van der Waals surface area contributed by atoms with E-state index in [0.29, 0.717) is 11.1 Å². The second kappa shape index (κ2) is 6.91. The first-order chi connectivity index (χ1) is 4.90. The van der Waals surface area contributed by atoms with Crippen molar-refractivity contribution in [2.75, 3.05) is 0 Å². The van der Waals surface area contributed by atoms with E-state index in [1.54, 1.807) is 0 Å². The van der Waals surface area contributed by atoms with Crippen molar-refractivity contribution in [3.63, 3.8) is 0 Å². The molecular formula is C10H22PY-. The molecule has 3 atom stereocenters. The minimum Gasteiger partial charge on any atom is -0.340 e. The first kappa shape index (κ1) is 16.0. The predicted molar refractivity (Wildman–Crippen MR) is 56.7 cm³/mol. The van der Waals surface area contributed by atoms with Crippen molar-refractivity contribution in [3.05, 3.63) is 6.92 Å². The van der Waals surface area contributed by atoms with Gasteiger partial charge in [-0.15, -0.1) is 9.24 Å². The summed E-state index contributed by atoms with van der Waals surface area (Å²) in [5.41, 5.74) is 0. The van der Waals surface area contributed by atoms with Gasteiger partial charge in [-0.2, -0.15) is 5.92 Å². The summed E-state index contributed by atoms with van der Waals surface area (Å²) in [6.07, 6.45) is 2.41. The molecule has 71 valence electrons. The van der Waals surface area contributed by atoms with Gasteiger partial charge in [0, 0.05) is 32.7 Å². The van der Waals surface area contributed by atoms with Crippen molar-refractivity contribution < 1.29 is 32.7 Å². The van der Waals surface area contributed by atoms with Crippen molar-refractivity contribution in [3.8, 4) is 0 Å². The summed E-state index contributed by atoms with van der Waals surface area (Å²) >= 11 is 0. The molecule has 0 amide bonds. The molecule has 0 aromatic carbocycles. The maximum absolute atomic E-state index is 4.11. The van der Waals surface area contributed by atoms with Crippen LogP contribution in [-0.4, -0.2) is 5.16 Å². The number of rotatable bonds is 4. The van der Waals surface area contributed by atoms with Crippen LogP contribution in [0.5, 0.6) is 0 Å². The zero-order valence-electron chi connectivity index (χ0n) is 8.93. The Morgan fingerprint density at radius 3 is 2.08 bits per heavy atom. The van der Waals surface area contributed by atoms with Crippen LogP contribution in [0.4, 0.5) is 0 Å². The normalized spacial score (nSPS) is 18.2. The smallest absolute Gasteiger partial charge is 0 e. The van der Waals surface area contributed by atoms with Crippen LogP contribution in [0.3, 0.4) is 0 Å². The molecule has 0 bridgehead atoms. The molecule has 0 saturated carbocycles. The summed E-state index contributed by atoms with van der Waals surface area (Å²) < 4.78 is 0. The van der Waals surface area contributed by atoms with Crippen LogP contribution in [0.25, 0.3) is 0 Å². The fraction of sp³-hybridized carbons (Fsp3) is 0.900. The summed E-state index contributed by atoms with van der Waals surface area (Å²) in [6.45, 7) is 13.2. The van der Waals surface area contributed by atoms with Crippen LogP contribution < -0.4 is 0 Å². The molecule has 0 aliphatic carbocycles. The SMILES string of the molecule is [CH2-]C(CC)CC(C)(P)C(C)C.[Y]. The second-order valence-electron chi connectivity index (χ2n) is 4.14. The molecule has 0 spiro atoms. The molecule has 0 saturated heterocycles. The Balaban J connectivity index is 0. The fourth-order valence-corrected chi connectivity index (χ4v) is 1.34. The van der Waals surface area contributed by atoms with Gasteiger partial charge in [0.25, 0.3) is 0 Å². The second-order valence-corrected chi connectivity index (χ2v) is 5.46. The van der Waals surface area contributed by atoms with Crippen LogP contribution in [0, 0.1) is 18.8 Å².